The minimum atomic E-state index is -4.16. The Bertz CT molecular complexity index is 687. The fourth-order valence-corrected chi connectivity index (χ4v) is 4.59. The second-order valence-corrected chi connectivity index (χ2v) is 7.84. The Morgan fingerprint density at radius 3 is 2.20 bits per heavy atom. The number of nitrogens with zero attached hydrogens (tertiary/aromatic N) is 3. The van der Waals surface area contributed by atoms with Gasteiger partial charge in [0.25, 0.3) is 0 Å². The van der Waals surface area contributed by atoms with Crippen LogP contribution in [0.25, 0.3) is 0 Å². The molecule has 1 heterocycles. The van der Waals surface area contributed by atoms with Gasteiger partial charge in [0.1, 0.15) is 5.56 Å². The van der Waals surface area contributed by atoms with Crippen LogP contribution in [0.1, 0.15) is 17.3 Å². The molecule has 0 aliphatic carbocycles. The van der Waals surface area contributed by atoms with Crippen LogP contribution in [0.5, 0.6) is 0 Å². The highest BCUT2D eigenvalue weighted by Crippen LogP contribution is 2.25. The predicted molar refractivity (Wildman–Crippen MR) is 71.3 cm³/mol. The number of hydrogen-bond acceptors (Lipinski definition) is 7. The normalized spacial score (nSPS) is 12.2. The van der Waals surface area contributed by atoms with Gasteiger partial charge in [-0.1, -0.05) is 0 Å². The molecule has 0 unspecified atom stereocenters. The van der Waals surface area contributed by atoms with Gasteiger partial charge in [-0.15, -0.1) is 3.71 Å². The van der Waals surface area contributed by atoms with E-state index < -0.39 is 26.0 Å². The monoisotopic (exact) mass is 325 g/mol. The Morgan fingerprint density at radius 1 is 1.30 bits per heavy atom. The molecule has 9 nitrogen and oxygen atoms in total. The van der Waals surface area contributed by atoms with Gasteiger partial charge in [0.15, 0.2) is 5.82 Å². The SMILES string of the molecule is CCOC(=O)c1cnn(C)c1N(S(C)(=O)=O)S(C)(=O)=O. The molecular weight excluding hydrogens is 310 g/mol. The van der Waals surface area contributed by atoms with E-state index in [0.717, 1.165) is 23.4 Å². The lowest BCUT2D eigenvalue weighted by Crippen LogP contribution is -2.37. The first kappa shape index (κ1) is 16.4. The van der Waals surface area contributed by atoms with Crippen molar-refractivity contribution < 1.29 is 26.4 Å². The van der Waals surface area contributed by atoms with E-state index >= 15 is 0 Å². The number of ether oxygens (including phenoxy) is 1. The number of hydrogen-bond donors (Lipinski definition) is 0. The molecule has 0 aliphatic rings. The summed E-state index contributed by atoms with van der Waals surface area (Å²) in [5.41, 5.74) is -0.245. The van der Waals surface area contributed by atoms with Gasteiger partial charge in [-0.2, -0.15) is 5.10 Å². The number of esters is 1. The number of carbonyl (C=O) groups is 1. The largest absolute Gasteiger partial charge is 0.462 e. The van der Waals surface area contributed by atoms with Gasteiger partial charge in [0, 0.05) is 7.05 Å². The summed E-state index contributed by atoms with van der Waals surface area (Å²) in [5, 5.41) is 3.71. The van der Waals surface area contributed by atoms with Crippen molar-refractivity contribution >= 4 is 31.8 Å². The van der Waals surface area contributed by atoms with Crippen molar-refractivity contribution in [3.05, 3.63) is 11.8 Å². The lowest BCUT2D eigenvalue weighted by atomic mass is 10.3. The second-order valence-electron chi connectivity index (χ2n) is 3.95. The third-order valence-electron chi connectivity index (χ3n) is 2.18. The van der Waals surface area contributed by atoms with Crippen LogP contribution in [-0.2, 0) is 31.8 Å². The third kappa shape index (κ3) is 3.28. The van der Waals surface area contributed by atoms with Gasteiger partial charge in [-0.25, -0.2) is 21.6 Å². The maximum absolute atomic E-state index is 11.7. The van der Waals surface area contributed by atoms with E-state index in [0.29, 0.717) is 0 Å². The van der Waals surface area contributed by atoms with Crippen LogP contribution in [0.4, 0.5) is 5.82 Å². The van der Waals surface area contributed by atoms with Gasteiger partial charge < -0.3 is 4.74 Å². The van der Waals surface area contributed by atoms with E-state index in [1.807, 2.05) is 0 Å². The minimum Gasteiger partial charge on any atom is -0.462 e. The fraction of sp³-hybridized carbons (Fsp3) is 0.556. The van der Waals surface area contributed by atoms with Crippen molar-refractivity contribution in [3.63, 3.8) is 0 Å². The minimum absolute atomic E-state index is 0.0604. The smallest absolute Gasteiger partial charge is 0.343 e. The van der Waals surface area contributed by atoms with Crippen LogP contribution in [-0.4, -0.2) is 51.7 Å². The highest BCUT2D eigenvalue weighted by atomic mass is 32.3. The van der Waals surface area contributed by atoms with Crippen molar-refractivity contribution in [2.75, 3.05) is 22.8 Å². The highest BCUT2D eigenvalue weighted by molar-refractivity contribution is 8.09. The first-order valence-corrected chi connectivity index (χ1v) is 9.09. The zero-order valence-electron chi connectivity index (χ0n) is 11.4. The summed E-state index contributed by atoms with van der Waals surface area (Å²) in [7, 11) is -7.00. The number of carbonyl (C=O) groups excluding carboxylic acids is 1. The molecule has 0 saturated carbocycles. The van der Waals surface area contributed by atoms with Crippen molar-refractivity contribution in [1.29, 1.82) is 0 Å². The first-order valence-electron chi connectivity index (χ1n) is 5.39. The van der Waals surface area contributed by atoms with E-state index in [1.54, 1.807) is 6.92 Å². The molecule has 20 heavy (non-hydrogen) atoms. The van der Waals surface area contributed by atoms with E-state index in [4.69, 9.17) is 4.74 Å². The lowest BCUT2D eigenvalue weighted by Gasteiger charge is -2.20. The molecule has 1 aromatic rings. The summed E-state index contributed by atoms with van der Waals surface area (Å²) in [6, 6.07) is 0. The van der Waals surface area contributed by atoms with Gasteiger partial charge in [-0.3, -0.25) is 4.68 Å². The molecule has 0 amide bonds. The van der Waals surface area contributed by atoms with Crippen LogP contribution >= 0.6 is 0 Å². The van der Waals surface area contributed by atoms with E-state index in [1.165, 1.54) is 7.05 Å². The van der Waals surface area contributed by atoms with Gasteiger partial charge in [0.05, 0.1) is 25.3 Å². The summed E-state index contributed by atoms with van der Waals surface area (Å²) in [4.78, 5) is 11.7. The molecule has 11 heteroatoms. The molecule has 0 aromatic carbocycles. The topological polar surface area (TPSA) is 116 Å². The van der Waals surface area contributed by atoms with Crippen molar-refractivity contribution in [1.82, 2.24) is 9.78 Å². The number of rotatable bonds is 5. The number of aromatic nitrogens is 2. The van der Waals surface area contributed by atoms with Crippen LogP contribution in [0, 0.1) is 0 Å². The summed E-state index contributed by atoms with van der Waals surface area (Å²) in [6.07, 6.45) is 2.49. The standard InChI is InChI=1S/C9H15N3O6S2/c1-5-18-9(13)7-6-10-11(2)8(7)12(19(3,14)15)20(4,16)17/h6H,5H2,1-4H3. The Morgan fingerprint density at radius 2 is 1.80 bits per heavy atom. The Labute approximate surface area is 117 Å². The summed E-state index contributed by atoms with van der Waals surface area (Å²) in [5.74, 6) is -1.23. The molecule has 0 aliphatic heterocycles. The number of aryl methyl sites for hydroxylation is 1. The highest BCUT2D eigenvalue weighted by Gasteiger charge is 2.34. The quantitative estimate of drug-likeness (QED) is 0.659. The summed E-state index contributed by atoms with van der Waals surface area (Å²) < 4.78 is 52.7. The molecule has 0 fully saturated rings. The molecule has 0 bridgehead atoms. The van der Waals surface area contributed by atoms with Gasteiger partial charge >= 0.3 is 5.97 Å². The zero-order chi connectivity index (χ0) is 15.7. The average molecular weight is 325 g/mol. The summed E-state index contributed by atoms with van der Waals surface area (Å²) >= 11 is 0. The molecule has 1 aromatic heterocycles. The van der Waals surface area contributed by atoms with E-state index in [-0.39, 0.29) is 21.7 Å². The van der Waals surface area contributed by atoms with Gasteiger partial charge in [-0.05, 0) is 6.92 Å². The Balaban J connectivity index is 3.59. The number of sulfonamides is 2. The third-order valence-corrected chi connectivity index (χ3v) is 5.35. The number of anilines is 1. The van der Waals surface area contributed by atoms with Crippen molar-refractivity contribution in [3.8, 4) is 0 Å². The molecule has 0 radical (unpaired) electrons. The first-order chi connectivity index (χ1) is 9.00. The second kappa shape index (κ2) is 5.40. The van der Waals surface area contributed by atoms with Crippen molar-refractivity contribution in [2.24, 2.45) is 7.05 Å². The molecule has 0 N–H and O–H groups in total. The van der Waals surface area contributed by atoms with Gasteiger partial charge in [0.2, 0.25) is 20.0 Å². The molecule has 114 valence electrons. The molecule has 0 atom stereocenters. The van der Waals surface area contributed by atoms with Crippen molar-refractivity contribution in [2.45, 2.75) is 6.92 Å². The van der Waals surface area contributed by atoms with E-state index in [2.05, 4.69) is 5.10 Å². The zero-order valence-corrected chi connectivity index (χ0v) is 13.0. The molecule has 0 saturated heterocycles. The Kier molecular flexibility index (Phi) is 4.44. The molecule has 0 spiro atoms. The van der Waals surface area contributed by atoms with Crippen LogP contribution in [0.2, 0.25) is 0 Å². The maximum Gasteiger partial charge on any atom is 0.343 e. The van der Waals surface area contributed by atoms with Crippen LogP contribution in [0.15, 0.2) is 6.20 Å². The van der Waals surface area contributed by atoms with Crippen LogP contribution < -0.4 is 3.71 Å². The predicted octanol–water partition coefficient (Wildman–Crippen LogP) is -0.678. The lowest BCUT2D eigenvalue weighted by molar-refractivity contribution is 0.0527. The van der Waals surface area contributed by atoms with Crippen LogP contribution in [0.3, 0.4) is 0 Å². The average Bonchev–Trinajstić information content (AvgIpc) is 2.57. The maximum atomic E-state index is 11.7. The molecular formula is C9H15N3O6S2. The van der Waals surface area contributed by atoms with E-state index in [9.17, 15) is 21.6 Å². The Hall–Kier alpha value is -1.62. The summed E-state index contributed by atoms with van der Waals surface area (Å²) in [6.45, 7) is 1.63. The fourth-order valence-electron chi connectivity index (χ4n) is 1.56. The molecule has 1 rings (SSSR count).